The summed E-state index contributed by atoms with van der Waals surface area (Å²) in [5, 5.41) is 2.97. The monoisotopic (exact) mass is 294 g/mol. The van der Waals surface area contributed by atoms with Gasteiger partial charge in [0, 0.05) is 12.0 Å². The van der Waals surface area contributed by atoms with Gasteiger partial charge >= 0.3 is 0 Å². The van der Waals surface area contributed by atoms with Crippen LogP contribution in [-0.2, 0) is 4.79 Å². The standard InChI is InChI=1S/C16H26N2O3/c1-11(18-15(19)8-9-16(2,3)17)12-6-7-13(20-4)14(10-12)21-5/h6-7,10-11H,8-9,17H2,1-5H3,(H,18,19). The molecule has 1 rings (SSSR count). The van der Waals surface area contributed by atoms with Gasteiger partial charge in [-0.2, -0.15) is 0 Å². The number of methoxy groups -OCH3 is 2. The normalized spacial score (nSPS) is 12.7. The Morgan fingerprint density at radius 1 is 1.29 bits per heavy atom. The number of hydrogen-bond donors (Lipinski definition) is 2. The van der Waals surface area contributed by atoms with Gasteiger partial charge in [0.1, 0.15) is 0 Å². The molecule has 0 fully saturated rings. The Balaban J connectivity index is 2.67. The number of benzene rings is 1. The average molecular weight is 294 g/mol. The highest BCUT2D eigenvalue weighted by atomic mass is 16.5. The molecular weight excluding hydrogens is 268 g/mol. The molecule has 0 saturated carbocycles. The molecule has 21 heavy (non-hydrogen) atoms. The van der Waals surface area contributed by atoms with E-state index in [1.54, 1.807) is 14.2 Å². The largest absolute Gasteiger partial charge is 0.493 e. The Morgan fingerprint density at radius 3 is 2.43 bits per heavy atom. The number of nitrogens with one attached hydrogen (secondary N) is 1. The molecule has 0 spiro atoms. The van der Waals surface area contributed by atoms with E-state index in [2.05, 4.69) is 5.32 Å². The molecule has 0 aromatic heterocycles. The molecule has 1 aromatic carbocycles. The van der Waals surface area contributed by atoms with Gasteiger partial charge in [0.05, 0.1) is 20.3 Å². The summed E-state index contributed by atoms with van der Waals surface area (Å²) >= 11 is 0. The van der Waals surface area contributed by atoms with Crippen molar-refractivity contribution in [1.82, 2.24) is 5.32 Å². The summed E-state index contributed by atoms with van der Waals surface area (Å²) in [6.45, 7) is 5.77. The zero-order valence-corrected chi connectivity index (χ0v) is 13.5. The van der Waals surface area contributed by atoms with E-state index in [0.29, 0.717) is 24.3 Å². The van der Waals surface area contributed by atoms with E-state index < -0.39 is 0 Å². The first-order valence-electron chi connectivity index (χ1n) is 7.07. The molecule has 0 saturated heterocycles. The number of carbonyl (C=O) groups excluding carboxylic acids is 1. The lowest BCUT2D eigenvalue weighted by Crippen LogP contribution is -2.35. The Hall–Kier alpha value is -1.75. The summed E-state index contributed by atoms with van der Waals surface area (Å²) in [6.07, 6.45) is 1.07. The highest BCUT2D eigenvalue weighted by molar-refractivity contribution is 5.76. The molecule has 3 N–H and O–H groups in total. The van der Waals surface area contributed by atoms with Crippen molar-refractivity contribution < 1.29 is 14.3 Å². The van der Waals surface area contributed by atoms with Crippen LogP contribution in [0.1, 0.15) is 45.2 Å². The lowest BCUT2D eigenvalue weighted by Gasteiger charge is -2.20. The van der Waals surface area contributed by atoms with Crippen molar-refractivity contribution in [2.24, 2.45) is 5.73 Å². The average Bonchev–Trinajstić information content (AvgIpc) is 2.43. The van der Waals surface area contributed by atoms with Crippen LogP contribution in [0.2, 0.25) is 0 Å². The topological polar surface area (TPSA) is 73.6 Å². The van der Waals surface area contributed by atoms with E-state index in [9.17, 15) is 4.79 Å². The fourth-order valence-corrected chi connectivity index (χ4v) is 1.95. The van der Waals surface area contributed by atoms with Crippen molar-refractivity contribution >= 4 is 5.91 Å². The number of ether oxygens (including phenoxy) is 2. The lowest BCUT2D eigenvalue weighted by atomic mass is 9.99. The minimum absolute atomic E-state index is 0.00388. The molecule has 5 heteroatoms. The molecule has 1 aromatic rings. The molecule has 0 heterocycles. The summed E-state index contributed by atoms with van der Waals surface area (Å²) in [4.78, 5) is 11.9. The maximum Gasteiger partial charge on any atom is 0.220 e. The Bertz CT molecular complexity index is 481. The van der Waals surface area contributed by atoms with Gasteiger partial charge in [-0.3, -0.25) is 4.79 Å². The lowest BCUT2D eigenvalue weighted by molar-refractivity contribution is -0.122. The predicted octanol–water partition coefficient (Wildman–Crippen LogP) is 2.40. The van der Waals surface area contributed by atoms with Crippen LogP contribution in [0, 0.1) is 0 Å². The van der Waals surface area contributed by atoms with Gasteiger partial charge in [0.25, 0.3) is 0 Å². The smallest absolute Gasteiger partial charge is 0.220 e. The molecule has 1 atom stereocenters. The zero-order valence-electron chi connectivity index (χ0n) is 13.5. The fraction of sp³-hybridized carbons (Fsp3) is 0.562. The van der Waals surface area contributed by atoms with Crippen molar-refractivity contribution in [3.63, 3.8) is 0 Å². The van der Waals surface area contributed by atoms with Crippen molar-refractivity contribution in [2.75, 3.05) is 14.2 Å². The number of amides is 1. The van der Waals surface area contributed by atoms with E-state index in [4.69, 9.17) is 15.2 Å². The van der Waals surface area contributed by atoms with Crippen molar-refractivity contribution in [3.8, 4) is 11.5 Å². The number of carbonyl (C=O) groups is 1. The first kappa shape index (κ1) is 17.3. The summed E-state index contributed by atoms with van der Waals surface area (Å²) in [6, 6.07) is 5.52. The second kappa shape index (κ2) is 7.31. The molecule has 1 unspecified atom stereocenters. The Morgan fingerprint density at radius 2 is 1.90 bits per heavy atom. The van der Waals surface area contributed by atoms with Gasteiger partial charge in [-0.1, -0.05) is 6.07 Å². The van der Waals surface area contributed by atoms with E-state index in [1.165, 1.54) is 0 Å². The summed E-state index contributed by atoms with van der Waals surface area (Å²) < 4.78 is 10.5. The number of nitrogens with two attached hydrogens (primary N) is 1. The maximum atomic E-state index is 11.9. The van der Waals surface area contributed by atoms with Gasteiger partial charge in [0.15, 0.2) is 11.5 Å². The van der Waals surface area contributed by atoms with E-state index in [1.807, 2.05) is 39.0 Å². The number of rotatable bonds is 7. The molecule has 0 aliphatic rings. The highest BCUT2D eigenvalue weighted by Crippen LogP contribution is 2.29. The molecule has 5 nitrogen and oxygen atoms in total. The SMILES string of the molecule is COc1ccc(C(C)NC(=O)CCC(C)(C)N)cc1OC. The van der Waals surface area contributed by atoms with E-state index in [-0.39, 0.29) is 17.5 Å². The molecule has 0 bridgehead atoms. The van der Waals surface area contributed by atoms with Crippen LogP contribution in [0.3, 0.4) is 0 Å². The second-order valence-corrected chi connectivity index (χ2v) is 5.89. The molecule has 0 radical (unpaired) electrons. The van der Waals surface area contributed by atoms with Gasteiger partial charge in [0.2, 0.25) is 5.91 Å². The third-order valence-corrected chi connectivity index (χ3v) is 3.28. The second-order valence-electron chi connectivity index (χ2n) is 5.89. The first-order chi connectivity index (χ1) is 9.76. The summed E-state index contributed by atoms with van der Waals surface area (Å²) in [5.41, 5.74) is 6.52. The van der Waals surface area contributed by atoms with Crippen LogP contribution in [0.25, 0.3) is 0 Å². The van der Waals surface area contributed by atoms with Gasteiger partial charge < -0.3 is 20.5 Å². The minimum atomic E-state index is -0.329. The third-order valence-electron chi connectivity index (χ3n) is 3.28. The van der Waals surface area contributed by atoms with Crippen LogP contribution >= 0.6 is 0 Å². The van der Waals surface area contributed by atoms with Crippen molar-refractivity contribution in [2.45, 2.75) is 45.2 Å². The Labute approximate surface area is 126 Å². The predicted molar refractivity (Wildman–Crippen MR) is 83.6 cm³/mol. The first-order valence-corrected chi connectivity index (χ1v) is 7.07. The number of hydrogen-bond acceptors (Lipinski definition) is 4. The molecule has 1 amide bonds. The molecular formula is C16H26N2O3. The van der Waals surface area contributed by atoms with Crippen molar-refractivity contribution in [1.29, 1.82) is 0 Å². The van der Waals surface area contributed by atoms with Gasteiger partial charge in [-0.05, 0) is 44.9 Å². The quantitative estimate of drug-likeness (QED) is 0.810. The van der Waals surface area contributed by atoms with Crippen molar-refractivity contribution in [3.05, 3.63) is 23.8 Å². The fourth-order valence-electron chi connectivity index (χ4n) is 1.95. The highest BCUT2D eigenvalue weighted by Gasteiger charge is 2.16. The molecule has 0 aliphatic carbocycles. The third kappa shape index (κ3) is 5.63. The maximum absolute atomic E-state index is 11.9. The zero-order chi connectivity index (χ0) is 16.0. The van der Waals surface area contributed by atoms with Crippen LogP contribution in [0.15, 0.2) is 18.2 Å². The molecule has 0 aliphatic heterocycles. The summed E-state index contributed by atoms with van der Waals surface area (Å²) in [5.74, 6) is 1.32. The van der Waals surface area contributed by atoms with Crippen LogP contribution in [0.4, 0.5) is 0 Å². The minimum Gasteiger partial charge on any atom is -0.493 e. The van der Waals surface area contributed by atoms with Crippen LogP contribution < -0.4 is 20.5 Å². The van der Waals surface area contributed by atoms with Crippen LogP contribution in [-0.4, -0.2) is 25.7 Å². The summed E-state index contributed by atoms with van der Waals surface area (Å²) in [7, 11) is 3.19. The molecule has 118 valence electrons. The van der Waals surface area contributed by atoms with Gasteiger partial charge in [-0.25, -0.2) is 0 Å². The Kier molecular flexibility index (Phi) is 6.03. The van der Waals surface area contributed by atoms with E-state index >= 15 is 0 Å². The van der Waals surface area contributed by atoms with Crippen LogP contribution in [0.5, 0.6) is 11.5 Å². The van der Waals surface area contributed by atoms with E-state index in [0.717, 1.165) is 5.56 Å². The van der Waals surface area contributed by atoms with Gasteiger partial charge in [-0.15, -0.1) is 0 Å².